The molecule has 0 aromatic heterocycles. The molecular formula is C28H46O2Si. The summed E-state index contributed by atoms with van der Waals surface area (Å²) in [6, 6.07) is 20.1. The summed E-state index contributed by atoms with van der Waals surface area (Å²) >= 11 is 0. The Labute approximate surface area is 194 Å². The SMILES string of the molecule is C=Cc1ccccc1.C=Cc1ccccc1.COC.CO[Si](C(C)C)(C(C)C)C(C)C. The van der Waals surface area contributed by atoms with Gasteiger partial charge in [-0.2, -0.15) is 0 Å². The number of ether oxygens (including phenoxy) is 1. The van der Waals surface area contributed by atoms with E-state index in [-0.39, 0.29) is 0 Å². The highest BCUT2D eigenvalue weighted by Crippen LogP contribution is 2.41. The van der Waals surface area contributed by atoms with Gasteiger partial charge < -0.3 is 9.16 Å². The fourth-order valence-electron chi connectivity index (χ4n) is 3.89. The lowest BCUT2D eigenvalue weighted by Crippen LogP contribution is -2.46. The number of methoxy groups -OCH3 is 1. The van der Waals surface area contributed by atoms with Crippen molar-refractivity contribution >= 4 is 20.5 Å². The highest BCUT2D eigenvalue weighted by molar-refractivity contribution is 6.77. The number of hydrogen-bond acceptors (Lipinski definition) is 2. The molecule has 0 fully saturated rings. The van der Waals surface area contributed by atoms with Crippen LogP contribution >= 0.6 is 0 Å². The van der Waals surface area contributed by atoms with Gasteiger partial charge in [0.05, 0.1) is 0 Å². The molecule has 0 amide bonds. The first kappa shape index (κ1) is 31.2. The van der Waals surface area contributed by atoms with Crippen LogP contribution in [0.5, 0.6) is 0 Å². The van der Waals surface area contributed by atoms with Crippen molar-refractivity contribution in [2.75, 3.05) is 21.3 Å². The Morgan fingerprint density at radius 1 is 0.613 bits per heavy atom. The van der Waals surface area contributed by atoms with E-state index in [0.29, 0.717) is 16.6 Å². The fraction of sp³-hybridized carbons (Fsp3) is 0.429. The lowest BCUT2D eigenvalue weighted by Gasteiger charge is -2.40. The summed E-state index contributed by atoms with van der Waals surface area (Å²) in [4.78, 5) is 0. The van der Waals surface area contributed by atoms with E-state index in [0.717, 1.165) is 0 Å². The maximum Gasteiger partial charge on any atom is 0.199 e. The monoisotopic (exact) mass is 442 g/mol. The Morgan fingerprint density at radius 3 is 0.968 bits per heavy atom. The number of benzene rings is 2. The highest BCUT2D eigenvalue weighted by atomic mass is 28.4. The van der Waals surface area contributed by atoms with E-state index >= 15 is 0 Å². The van der Waals surface area contributed by atoms with Gasteiger partial charge in [0.2, 0.25) is 0 Å². The van der Waals surface area contributed by atoms with Crippen molar-refractivity contribution in [2.24, 2.45) is 0 Å². The largest absolute Gasteiger partial charge is 0.419 e. The van der Waals surface area contributed by atoms with Crippen LogP contribution in [0.2, 0.25) is 16.6 Å². The van der Waals surface area contributed by atoms with Gasteiger partial charge in [0, 0.05) is 21.3 Å². The van der Waals surface area contributed by atoms with Gasteiger partial charge in [-0.25, -0.2) is 0 Å². The molecule has 2 aromatic rings. The molecule has 0 aliphatic heterocycles. The topological polar surface area (TPSA) is 18.5 Å². The van der Waals surface area contributed by atoms with Gasteiger partial charge >= 0.3 is 0 Å². The van der Waals surface area contributed by atoms with Crippen LogP contribution in [0, 0.1) is 0 Å². The van der Waals surface area contributed by atoms with Gasteiger partial charge in [-0.05, 0) is 27.8 Å². The van der Waals surface area contributed by atoms with E-state index in [1.165, 1.54) is 11.1 Å². The van der Waals surface area contributed by atoms with Crippen LogP contribution in [-0.2, 0) is 9.16 Å². The second kappa shape index (κ2) is 18.8. The molecule has 2 rings (SSSR count). The molecule has 31 heavy (non-hydrogen) atoms. The molecule has 0 atom stereocenters. The van der Waals surface area contributed by atoms with E-state index < -0.39 is 8.32 Å². The lowest BCUT2D eigenvalue weighted by atomic mass is 10.2. The van der Waals surface area contributed by atoms with Gasteiger partial charge in [-0.3, -0.25) is 0 Å². The Bertz CT molecular complexity index is 599. The third-order valence-electron chi connectivity index (χ3n) is 5.13. The van der Waals surface area contributed by atoms with E-state index in [2.05, 4.69) is 59.4 Å². The van der Waals surface area contributed by atoms with Gasteiger partial charge in [-0.1, -0.05) is 128 Å². The molecule has 3 heteroatoms. The average molecular weight is 443 g/mol. The van der Waals surface area contributed by atoms with Crippen LogP contribution in [0.4, 0.5) is 0 Å². The van der Waals surface area contributed by atoms with Gasteiger partial charge in [0.25, 0.3) is 0 Å². The Balaban J connectivity index is 0. The standard InChI is InChI=1S/C10H24OSi.2C8H8.C2H6O/c1-8(2)12(11-7,9(3)4)10(5)6;2*1-2-8-6-4-3-5-7-8;1-3-2/h8-10H,1-7H3;2*2-7H,1H2;1-2H3. The van der Waals surface area contributed by atoms with Crippen molar-refractivity contribution < 1.29 is 9.16 Å². The predicted molar refractivity (Wildman–Crippen MR) is 144 cm³/mol. The minimum Gasteiger partial charge on any atom is -0.419 e. The average Bonchev–Trinajstić information content (AvgIpc) is 2.76. The van der Waals surface area contributed by atoms with Crippen LogP contribution in [-0.4, -0.2) is 29.6 Å². The molecule has 0 aliphatic rings. The molecule has 0 unspecified atom stereocenters. The number of hydrogen-bond donors (Lipinski definition) is 0. The molecule has 0 aliphatic carbocycles. The van der Waals surface area contributed by atoms with Gasteiger partial charge in [0.1, 0.15) is 0 Å². The van der Waals surface area contributed by atoms with Crippen molar-refractivity contribution in [2.45, 2.75) is 58.2 Å². The molecule has 2 aromatic carbocycles. The summed E-state index contributed by atoms with van der Waals surface area (Å²) in [5, 5.41) is 0. The minimum atomic E-state index is -1.50. The Morgan fingerprint density at radius 2 is 0.871 bits per heavy atom. The molecule has 2 nitrogen and oxygen atoms in total. The predicted octanol–water partition coefficient (Wildman–Crippen LogP) is 8.73. The fourth-order valence-corrected chi connectivity index (χ4v) is 9.30. The quantitative estimate of drug-likeness (QED) is 0.416. The summed E-state index contributed by atoms with van der Waals surface area (Å²) in [6.07, 6.45) is 3.67. The zero-order valence-electron chi connectivity index (χ0n) is 21.4. The van der Waals surface area contributed by atoms with Crippen molar-refractivity contribution in [1.82, 2.24) is 0 Å². The Kier molecular flexibility index (Phi) is 18.9. The molecule has 0 saturated heterocycles. The van der Waals surface area contributed by atoms with Crippen LogP contribution in [0.15, 0.2) is 73.8 Å². The third-order valence-corrected chi connectivity index (χ3v) is 11.3. The van der Waals surface area contributed by atoms with Crippen LogP contribution < -0.4 is 0 Å². The summed E-state index contributed by atoms with van der Waals surface area (Å²) in [5.74, 6) is 0. The molecule has 0 N–H and O–H groups in total. The zero-order chi connectivity index (χ0) is 24.3. The maximum absolute atomic E-state index is 5.86. The highest BCUT2D eigenvalue weighted by Gasteiger charge is 2.43. The molecule has 0 saturated carbocycles. The molecule has 0 heterocycles. The summed E-state index contributed by atoms with van der Waals surface area (Å²) in [5.41, 5.74) is 4.48. The second-order valence-corrected chi connectivity index (χ2v) is 13.7. The minimum absolute atomic E-state index is 0.711. The first-order valence-electron chi connectivity index (χ1n) is 11.0. The summed E-state index contributed by atoms with van der Waals surface area (Å²) < 4.78 is 10.1. The Hall–Kier alpha value is -1.94. The van der Waals surface area contributed by atoms with E-state index in [1.54, 1.807) is 14.2 Å². The van der Waals surface area contributed by atoms with Crippen LogP contribution in [0.25, 0.3) is 12.2 Å². The van der Waals surface area contributed by atoms with E-state index in [1.807, 2.05) is 79.9 Å². The van der Waals surface area contributed by atoms with E-state index in [9.17, 15) is 0 Å². The molecular weight excluding hydrogens is 396 g/mol. The van der Waals surface area contributed by atoms with Crippen molar-refractivity contribution in [3.05, 3.63) is 84.9 Å². The lowest BCUT2D eigenvalue weighted by molar-refractivity contribution is 0.277. The molecule has 0 bridgehead atoms. The first-order chi connectivity index (χ1) is 14.7. The second-order valence-electron chi connectivity index (χ2n) is 8.16. The van der Waals surface area contributed by atoms with Crippen LogP contribution in [0.3, 0.4) is 0 Å². The summed E-state index contributed by atoms with van der Waals surface area (Å²) in [6.45, 7) is 21.1. The molecule has 0 spiro atoms. The van der Waals surface area contributed by atoms with Crippen LogP contribution in [0.1, 0.15) is 52.7 Å². The third kappa shape index (κ3) is 12.5. The van der Waals surface area contributed by atoms with E-state index in [4.69, 9.17) is 4.43 Å². The van der Waals surface area contributed by atoms with Crippen molar-refractivity contribution in [3.8, 4) is 0 Å². The van der Waals surface area contributed by atoms with Crippen molar-refractivity contribution in [3.63, 3.8) is 0 Å². The van der Waals surface area contributed by atoms with Gasteiger partial charge in [0.15, 0.2) is 8.32 Å². The van der Waals surface area contributed by atoms with Crippen molar-refractivity contribution in [1.29, 1.82) is 0 Å². The smallest absolute Gasteiger partial charge is 0.199 e. The normalized spacial score (nSPS) is 10.2. The molecule has 174 valence electrons. The summed E-state index contributed by atoms with van der Waals surface area (Å²) in [7, 11) is 3.64. The number of rotatable bonds is 6. The zero-order valence-corrected chi connectivity index (χ0v) is 22.4. The first-order valence-corrected chi connectivity index (χ1v) is 13.1. The molecule has 0 radical (unpaired) electrons. The van der Waals surface area contributed by atoms with Gasteiger partial charge in [-0.15, -0.1) is 0 Å². The maximum atomic E-state index is 5.86.